The van der Waals surface area contributed by atoms with E-state index in [1.165, 1.54) is 38.8 Å². The summed E-state index contributed by atoms with van der Waals surface area (Å²) in [6, 6.07) is 0.870. The van der Waals surface area contributed by atoms with Crippen molar-refractivity contribution in [2.24, 2.45) is 0 Å². The molecule has 2 rings (SSSR count). The molecular weight excluding hydrogens is 218 g/mol. The lowest BCUT2D eigenvalue weighted by Crippen LogP contribution is -2.53. The van der Waals surface area contributed by atoms with Crippen LogP contribution in [0.15, 0.2) is 0 Å². The van der Waals surface area contributed by atoms with Gasteiger partial charge in [-0.1, -0.05) is 12.8 Å². The van der Waals surface area contributed by atoms with E-state index < -0.39 is 0 Å². The van der Waals surface area contributed by atoms with Crippen LogP contribution < -0.4 is 5.32 Å². The zero-order valence-electron chi connectivity index (χ0n) is 10.2. The van der Waals surface area contributed by atoms with Crippen LogP contribution in [0.5, 0.6) is 0 Å². The standard InChI is InChI=1S/C12H23N3S/c1-2-13-12(16)15-9-7-14(8-10-15)11-5-3-4-6-11/h11H,2-10H2,1H3,(H,13,16). The van der Waals surface area contributed by atoms with Crippen LogP contribution in [0.3, 0.4) is 0 Å². The molecule has 1 saturated carbocycles. The van der Waals surface area contributed by atoms with Gasteiger partial charge in [0, 0.05) is 38.8 Å². The third-order valence-electron chi connectivity index (χ3n) is 3.77. The van der Waals surface area contributed by atoms with E-state index in [-0.39, 0.29) is 0 Å². The van der Waals surface area contributed by atoms with Gasteiger partial charge >= 0.3 is 0 Å². The Kier molecular flexibility index (Phi) is 4.41. The van der Waals surface area contributed by atoms with Crippen molar-refractivity contribution in [2.45, 2.75) is 38.6 Å². The first-order chi connectivity index (χ1) is 7.81. The topological polar surface area (TPSA) is 18.5 Å². The summed E-state index contributed by atoms with van der Waals surface area (Å²) in [5.74, 6) is 0. The summed E-state index contributed by atoms with van der Waals surface area (Å²) in [7, 11) is 0. The van der Waals surface area contributed by atoms with E-state index in [0.29, 0.717) is 0 Å². The molecule has 1 heterocycles. The van der Waals surface area contributed by atoms with Crippen molar-refractivity contribution < 1.29 is 0 Å². The van der Waals surface area contributed by atoms with Gasteiger partial charge in [-0.3, -0.25) is 4.90 Å². The molecule has 0 spiro atoms. The molecule has 4 heteroatoms. The van der Waals surface area contributed by atoms with E-state index in [2.05, 4.69) is 22.0 Å². The van der Waals surface area contributed by atoms with Crippen LogP contribution in [0.4, 0.5) is 0 Å². The second-order valence-electron chi connectivity index (χ2n) is 4.80. The van der Waals surface area contributed by atoms with Gasteiger partial charge < -0.3 is 10.2 Å². The molecule has 0 radical (unpaired) electrons. The van der Waals surface area contributed by atoms with Gasteiger partial charge in [0.2, 0.25) is 0 Å². The summed E-state index contributed by atoms with van der Waals surface area (Å²) in [5, 5.41) is 4.18. The van der Waals surface area contributed by atoms with Gasteiger partial charge in [-0.15, -0.1) is 0 Å². The second-order valence-corrected chi connectivity index (χ2v) is 5.18. The van der Waals surface area contributed by atoms with Gasteiger partial charge in [-0.2, -0.15) is 0 Å². The fourth-order valence-corrected chi connectivity index (χ4v) is 3.15. The third kappa shape index (κ3) is 2.86. The Balaban J connectivity index is 1.75. The first-order valence-corrected chi connectivity index (χ1v) is 6.99. The molecule has 0 aromatic heterocycles. The number of nitrogens with zero attached hydrogens (tertiary/aromatic N) is 2. The van der Waals surface area contributed by atoms with Gasteiger partial charge in [-0.25, -0.2) is 0 Å². The molecule has 0 aromatic rings. The maximum Gasteiger partial charge on any atom is 0.169 e. The first kappa shape index (κ1) is 12.1. The SMILES string of the molecule is CCNC(=S)N1CCN(C2CCCC2)CC1. The monoisotopic (exact) mass is 241 g/mol. The molecule has 0 bridgehead atoms. The van der Waals surface area contributed by atoms with Crippen molar-refractivity contribution >= 4 is 17.3 Å². The first-order valence-electron chi connectivity index (χ1n) is 6.58. The molecule has 0 aromatic carbocycles. The van der Waals surface area contributed by atoms with Gasteiger partial charge in [-0.05, 0) is 32.0 Å². The van der Waals surface area contributed by atoms with Crippen molar-refractivity contribution in [3.63, 3.8) is 0 Å². The summed E-state index contributed by atoms with van der Waals surface area (Å²) in [6.45, 7) is 7.61. The Morgan fingerprint density at radius 2 is 1.81 bits per heavy atom. The lowest BCUT2D eigenvalue weighted by Gasteiger charge is -2.39. The van der Waals surface area contributed by atoms with Crippen LogP contribution in [0, 0.1) is 0 Å². The molecule has 0 unspecified atom stereocenters. The molecule has 1 aliphatic heterocycles. The minimum Gasteiger partial charge on any atom is -0.363 e. The second kappa shape index (κ2) is 5.82. The Bertz CT molecular complexity index is 230. The quantitative estimate of drug-likeness (QED) is 0.737. The lowest BCUT2D eigenvalue weighted by atomic mass is 10.2. The molecule has 3 nitrogen and oxygen atoms in total. The Morgan fingerprint density at radius 1 is 1.19 bits per heavy atom. The predicted octanol–water partition coefficient (Wildman–Crippen LogP) is 1.44. The van der Waals surface area contributed by atoms with E-state index in [4.69, 9.17) is 12.2 Å². The van der Waals surface area contributed by atoms with Crippen LogP contribution in [-0.2, 0) is 0 Å². The summed E-state index contributed by atoms with van der Waals surface area (Å²) in [5.41, 5.74) is 0. The maximum atomic E-state index is 5.34. The van der Waals surface area contributed by atoms with Crippen LogP contribution in [0.2, 0.25) is 0 Å². The number of thiocarbonyl (C=S) groups is 1. The van der Waals surface area contributed by atoms with Gasteiger partial charge in [0.05, 0.1) is 0 Å². The van der Waals surface area contributed by atoms with E-state index in [1.807, 2.05) is 0 Å². The Hall–Kier alpha value is -0.350. The molecule has 1 N–H and O–H groups in total. The van der Waals surface area contributed by atoms with Gasteiger partial charge in [0.1, 0.15) is 0 Å². The van der Waals surface area contributed by atoms with Crippen LogP contribution in [0.1, 0.15) is 32.6 Å². The lowest BCUT2D eigenvalue weighted by molar-refractivity contribution is 0.133. The molecule has 0 amide bonds. The average Bonchev–Trinajstić information content (AvgIpc) is 2.83. The van der Waals surface area contributed by atoms with Crippen LogP contribution in [0.25, 0.3) is 0 Å². The Labute approximate surface area is 104 Å². The van der Waals surface area contributed by atoms with Gasteiger partial charge in [0.15, 0.2) is 5.11 Å². The fourth-order valence-electron chi connectivity index (χ4n) is 2.82. The highest BCUT2D eigenvalue weighted by Crippen LogP contribution is 2.24. The summed E-state index contributed by atoms with van der Waals surface area (Å²) in [4.78, 5) is 4.97. The minimum atomic E-state index is 0.870. The highest BCUT2D eigenvalue weighted by atomic mass is 32.1. The van der Waals surface area contributed by atoms with Crippen molar-refractivity contribution in [1.29, 1.82) is 0 Å². The summed E-state index contributed by atoms with van der Waals surface area (Å²) >= 11 is 5.34. The molecule has 2 fully saturated rings. The number of rotatable bonds is 2. The smallest absolute Gasteiger partial charge is 0.169 e. The largest absolute Gasteiger partial charge is 0.363 e. The van der Waals surface area contributed by atoms with Crippen LogP contribution >= 0.6 is 12.2 Å². The van der Waals surface area contributed by atoms with Gasteiger partial charge in [0.25, 0.3) is 0 Å². The number of piperazine rings is 1. The van der Waals surface area contributed by atoms with Crippen molar-refractivity contribution in [1.82, 2.24) is 15.1 Å². The van der Waals surface area contributed by atoms with E-state index in [1.54, 1.807) is 0 Å². The average molecular weight is 241 g/mol. The molecule has 16 heavy (non-hydrogen) atoms. The normalized spacial score (nSPS) is 23.7. The molecule has 2 aliphatic rings. The molecule has 92 valence electrons. The number of hydrogen-bond donors (Lipinski definition) is 1. The molecule has 1 aliphatic carbocycles. The summed E-state index contributed by atoms with van der Waals surface area (Å²) in [6.07, 6.45) is 5.69. The highest BCUT2D eigenvalue weighted by molar-refractivity contribution is 7.80. The third-order valence-corrected chi connectivity index (χ3v) is 4.17. The Morgan fingerprint density at radius 3 is 2.38 bits per heavy atom. The highest BCUT2D eigenvalue weighted by Gasteiger charge is 2.26. The number of hydrogen-bond acceptors (Lipinski definition) is 2. The minimum absolute atomic E-state index is 0.870. The van der Waals surface area contributed by atoms with E-state index in [9.17, 15) is 0 Å². The fraction of sp³-hybridized carbons (Fsp3) is 0.917. The van der Waals surface area contributed by atoms with E-state index >= 15 is 0 Å². The maximum absolute atomic E-state index is 5.34. The van der Waals surface area contributed by atoms with Crippen LogP contribution in [-0.4, -0.2) is 53.7 Å². The zero-order chi connectivity index (χ0) is 11.4. The molecule has 1 saturated heterocycles. The van der Waals surface area contributed by atoms with Crippen molar-refractivity contribution in [2.75, 3.05) is 32.7 Å². The van der Waals surface area contributed by atoms with Crippen molar-refractivity contribution in [3.05, 3.63) is 0 Å². The van der Waals surface area contributed by atoms with E-state index in [0.717, 1.165) is 30.8 Å². The molecular formula is C12H23N3S. The number of nitrogens with one attached hydrogen (secondary N) is 1. The van der Waals surface area contributed by atoms with Crippen molar-refractivity contribution in [3.8, 4) is 0 Å². The predicted molar refractivity (Wildman–Crippen MR) is 71.7 cm³/mol. The zero-order valence-corrected chi connectivity index (χ0v) is 11.1. The molecule has 0 atom stereocenters. The summed E-state index contributed by atoms with van der Waals surface area (Å²) < 4.78 is 0.